The van der Waals surface area contributed by atoms with Gasteiger partial charge in [-0.05, 0) is 49.6 Å². The highest BCUT2D eigenvalue weighted by Gasteiger charge is 2.27. The van der Waals surface area contributed by atoms with Crippen LogP contribution in [0.2, 0.25) is 0 Å². The Balaban J connectivity index is 1.45. The third-order valence-corrected chi connectivity index (χ3v) is 6.81. The zero-order valence-electron chi connectivity index (χ0n) is 16.1. The molecule has 1 saturated heterocycles. The molecular weight excluding hydrogens is 392 g/mol. The van der Waals surface area contributed by atoms with Gasteiger partial charge in [-0.25, -0.2) is 18.1 Å². The maximum absolute atomic E-state index is 12.7. The quantitative estimate of drug-likeness (QED) is 0.660. The molecule has 10 heteroatoms. The second-order valence-corrected chi connectivity index (χ2v) is 9.03. The maximum atomic E-state index is 12.7. The number of benzene rings is 1. The molecule has 9 nitrogen and oxygen atoms in total. The molecule has 29 heavy (non-hydrogen) atoms. The lowest BCUT2D eigenvalue weighted by Gasteiger charge is -2.15. The van der Waals surface area contributed by atoms with Crippen LogP contribution in [-0.4, -0.2) is 51.7 Å². The molecule has 0 atom stereocenters. The summed E-state index contributed by atoms with van der Waals surface area (Å²) in [6.07, 6.45) is 3.66. The third kappa shape index (κ3) is 4.13. The number of rotatable bonds is 6. The molecule has 1 amide bonds. The molecule has 1 aromatic carbocycles. The van der Waals surface area contributed by atoms with Gasteiger partial charge in [0.1, 0.15) is 11.3 Å². The highest BCUT2D eigenvalue weighted by molar-refractivity contribution is 7.89. The molecule has 0 unspecified atom stereocenters. The Morgan fingerprint density at radius 3 is 2.69 bits per heavy atom. The first-order valence-corrected chi connectivity index (χ1v) is 10.9. The monoisotopic (exact) mass is 414 g/mol. The van der Waals surface area contributed by atoms with E-state index in [2.05, 4.69) is 20.6 Å². The van der Waals surface area contributed by atoms with E-state index in [-0.39, 0.29) is 17.2 Å². The first-order valence-electron chi connectivity index (χ1n) is 9.49. The molecule has 3 heterocycles. The van der Waals surface area contributed by atoms with Crippen molar-refractivity contribution in [3.63, 3.8) is 0 Å². The Hall–Kier alpha value is -2.85. The van der Waals surface area contributed by atoms with Crippen LogP contribution in [0.25, 0.3) is 11.0 Å². The van der Waals surface area contributed by atoms with Gasteiger partial charge in [0.05, 0.1) is 17.0 Å². The Morgan fingerprint density at radius 1 is 1.17 bits per heavy atom. The second kappa shape index (κ2) is 7.88. The number of nitrogens with zero attached hydrogens (tertiary/aromatic N) is 5. The third-order valence-electron chi connectivity index (χ3n) is 4.92. The molecule has 0 aliphatic carbocycles. The number of nitrogens with one attached hydrogen (secondary N) is 1. The van der Waals surface area contributed by atoms with Crippen LogP contribution in [0.1, 0.15) is 24.8 Å². The van der Waals surface area contributed by atoms with Crippen LogP contribution < -0.4 is 5.32 Å². The minimum absolute atomic E-state index is 0.182. The van der Waals surface area contributed by atoms with Crippen LogP contribution in [-0.2, 0) is 21.4 Å². The Labute approximate surface area is 168 Å². The molecule has 1 aliphatic heterocycles. The van der Waals surface area contributed by atoms with E-state index in [0.717, 1.165) is 18.4 Å². The molecule has 0 radical (unpaired) electrons. The van der Waals surface area contributed by atoms with Gasteiger partial charge in [0, 0.05) is 25.7 Å². The van der Waals surface area contributed by atoms with Gasteiger partial charge >= 0.3 is 0 Å². The largest absolute Gasteiger partial charge is 0.311 e. The summed E-state index contributed by atoms with van der Waals surface area (Å²) in [6.45, 7) is 3.36. The van der Waals surface area contributed by atoms with Crippen LogP contribution in [0.15, 0.2) is 41.4 Å². The predicted molar refractivity (Wildman–Crippen MR) is 108 cm³/mol. The van der Waals surface area contributed by atoms with Crippen LogP contribution >= 0.6 is 0 Å². The van der Waals surface area contributed by atoms with E-state index >= 15 is 0 Å². The normalized spacial score (nSPS) is 15.1. The number of carbonyl (C=O) groups excluding carboxylic acids is 1. The first kappa shape index (κ1) is 19.5. The lowest BCUT2D eigenvalue weighted by Crippen LogP contribution is -2.27. The van der Waals surface area contributed by atoms with E-state index in [1.54, 1.807) is 35.1 Å². The average Bonchev–Trinajstić information content (AvgIpc) is 3.38. The predicted octanol–water partition coefficient (Wildman–Crippen LogP) is 1.95. The number of sulfonamides is 1. The van der Waals surface area contributed by atoms with E-state index in [4.69, 9.17) is 0 Å². The topological polar surface area (TPSA) is 110 Å². The molecule has 4 rings (SSSR count). The molecule has 152 valence electrons. The van der Waals surface area contributed by atoms with E-state index in [9.17, 15) is 13.2 Å². The summed E-state index contributed by atoms with van der Waals surface area (Å²) >= 11 is 0. The molecule has 1 aliphatic rings. The maximum Gasteiger partial charge on any atom is 0.243 e. The van der Waals surface area contributed by atoms with Crippen molar-refractivity contribution >= 4 is 32.8 Å². The summed E-state index contributed by atoms with van der Waals surface area (Å²) in [6, 6.07) is 8.44. The van der Waals surface area contributed by atoms with Crippen LogP contribution in [0.3, 0.4) is 0 Å². The van der Waals surface area contributed by atoms with E-state index in [1.165, 1.54) is 4.31 Å². The number of fused-ring (bicyclic) bond motifs is 1. The van der Waals surface area contributed by atoms with Crippen molar-refractivity contribution in [3.05, 3.63) is 42.1 Å². The summed E-state index contributed by atoms with van der Waals surface area (Å²) in [5.41, 5.74) is 2.20. The first-order chi connectivity index (χ1) is 13.9. The van der Waals surface area contributed by atoms with Crippen molar-refractivity contribution in [2.75, 3.05) is 18.4 Å². The van der Waals surface area contributed by atoms with E-state index < -0.39 is 10.0 Å². The number of hydrogen-bond acceptors (Lipinski definition) is 6. The average molecular weight is 414 g/mol. The fourth-order valence-corrected chi connectivity index (χ4v) is 4.85. The number of aryl methyl sites for hydroxylation is 2. The van der Waals surface area contributed by atoms with E-state index in [0.29, 0.717) is 36.5 Å². The molecule has 1 fully saturated rings. The minimum Gasteiger partial charge on any atom is -0.311 e. The minimum atomic E-state index is -3.50. The number of amides is 1. The zero-order valence-corrected chi connectivity index (χ0v) is 16.9. The van der Waals surface area contributed by atoms with Crippen molar-refractivity contribution < 1.29 is 13.2 Å². The number of carbonyl (C=O) groups is 1. The number of aromatic nitrogens is 4. The summed E-state index contributed by atoms with van der Waals surface area (Å²) in [4.78, 5) is 16.5. The van der Waals surface area contributed by atoms with Gasteiger partial charge in [-0.1, -0.05) is 11.3 Å². The van der Waals surface area contributed by atoms with Gasteiger partial charge in [-0.2, -0.15) is 4.31 Å². The van der Waals surface area contributed by atoms with Gasteiger partial charge in [-0.15, -0.1) is 5.10 Å². The van der Waals surface area contributed by atoms with Crippen molar-refractivity contribution in [1.82, 2.24) is 24.3 Å². The van der Waals surface area contributed by atoms with Crippen molar-refractivity contribution in [3.8, 4) is 0 Å². The van der Waals surface area contributed by atoms with Gasteiger partial charge in [-0.3, -0.25) is 4.79 Å². The highest BCUT2D eigenvalue weighted by Crippen LogP contribution is 2.23. The lowest BCUT2D eigenvalue weighted by atomic mass is 10.3. The summed E-state index contributed by atoms with van der Waals surface area (Å²) in [5.74, 6) is 0.319. The number of pyridine rings is 1. The summed E-state index contributed by atoms with van der Waals surface area (Å²) in [7, 11) is -3.50. The Morgan fingerprint density at radius 2 is 1.97 bits per heavy atom. The van der Waals surface area contributed by atoms with Crippen LogP contribution in [0.4, 0.5) is 5.82 Å². The van der Waals surface area contributed by atoms with Gasteiger partial charge < -0.3 is 5.32 Å². The fraction of sp³-hybridized carbons (Fsp3) is 0.368. The molecule has 1 N–H and O–H groups in total. The molecule has 0 spiro atoms. The smallest absolute Gasteiger partial charge is 0.243 e. The number of hydrogen-bond donors (Lipinski definition) is 1. The molecule has 0 bridgehead atoms. The molecule has 2 aromatic heterocycles. The van der Waals surface area contributed by atoms with Crippen molar-refractivity contribution in [1.29, 1.82) is 0 Å². The molecule has 3 aromatic rings. The zero-order chi connectivity index (χ0) is 20.4. The highest BCUT2D eigenvalue weighted by atomic mass is 32.2. The Bertz CT molecular complexity index is 1130. The van der Waals surface area contributed by atoms with Gasteiger partial charge in [0.2, 0.25) is 15.9 Å². The van der Waals surface area contributed by atoms with Crippen molar-refractivity contribution in [2.24, 2.45) is 0 Å². The Kier molecular flexibility index (Phi) is 5.29. The SMILES string of the molecule is Cc1ccc(NC(=O)CCn2nnc3cc(S(=O)(=O)N4CCCC4)ccc32)nc1. The van der Waals surface area contributed by atoms with Crippen LogP contribution in [0, 0.1) is 6.92 Å². The standard InChI is InChI=1S/C19H22N6O3S/c1-14-4-7-18(20-13-14)21-19(26)8-11-25-17-6-5-15(12-16(17)22-23-25)29(27,28)24-9-2-3-10-24/h4-7,12-13H,2-3,8-11H2,1H3,(H,20,21,26). The van der Waals surface area contributed by atoms with Gasteiger partial charge in [0.15, 0.2) is 0 Å². The van der Waals surface area contributed by atoms with Crippen LogP contribution in [0.5, 0.6) is 0 Å². The van der Waals surface area contributed by atoms with Crippen molar-refractivity contribution in [2.45, 2.75) is 37.6 Å². The summed E-state index contributed by atoms with van der Waals surface area (Å²) < 4.78 is 28.5. The van der Waals surface area contributed by atoms with Gasteiger partial charge in [0.25, 0.3) is 0 Å². The molecular formula is C19H22N6O3S. The molecule has 0 saturated carbocycles. The second-order valence-electron chi connectivity index (χ2n) is 7.09. The lowest BCUT2D eigenvalue weighted by molar-refractivity contribution is -0.116. The number of anilines is 1. The fourth-order valence-electron chi connectivity index (χ4n) is 3.31. The summed E-state index contributed by atoms with van der Waals surface area (Å²) in [5, 5.41) is 10.9. The van der Waals surface area contributed by atoms with E-state index in [1.807, 2.05) is 13.0 Å².